The summed E-state index contributed by atoms with van der Waals surface area (Å²) in [5.41, 5.74) is 5.31. The second-order valence-electron chi connectivity index (χ2n) is 2.64. The summed E-state index contributed by atoms with van der Waals surface area (Å²) in [4.78, 5) is 15.7. The van der Waals surface area contributed by atoms with E-state index in [4.69, 9.17) is 10.6 Å². The lowest BCUT2D eigenvalue weighted by Crippen LogP contribution is -2.34. The van der Waals surface area contributed by atoms with E-state index in [1.165, 1.54) is 0 Å². The molecule has 4 heteroatoms. The first-order valence-corrected chi connectivity index (χ1v) is 3.99. The summed E-state index contributed by atoms with van der Waals surface area (Å²) >= 11 is 0. The third-order valence-electron chi connectivity index (χ3n) is 1.63. The van der Waals surface area contributed by atoms with Gasteiger partial charge in [0.25, 0.3) is 0 Å². The van der Waals surface area contributed by atoms with Crippen LogP contribution in [0, 0.1) is 0 Å². The molecule has 0 radical (unpaired) electrons. The molecule has 0 aromatic heterocycles. The fourth-order valence-electron chi connectivity index (χ4n) is 1.06. The average Bonchev–Trinajstić information content (AvgIpc) is 2.01. The Bertz CT molecular complexity index is 138. The Balaban J connectivity index is 2.17. The molecule has 0 unspecified atom stereocenters. The van der Waals surface area contributed by atoms with Crippen molar-refractivity contribution in [3.05, 3.63) is 0 Å². The molecule has 1 aliphatic heterocycles. The van der Waals surface area contributed by atoms with Crippen LogP contribution in [0.3, 0.4) is 0 Å². The van der Waals surface area contributed by atoms with E-state index in [0.717, 1.165) is 25.9 Å². The van der Waals surface area contributed by atoms with Crippen LogP contribution in [-0.4, -0.2) is 30.7 Å². The Morgan fingerprint density at radius 1 is 1.64 bits per heavy atom. The van der Waals surface area contributed by atoms with Crippen LogP contribution in [0.4, 0.5) is 0 Å². The summed E-state index contributed by atoms with van der Waals surface area (Å²) in [5.74, 6) is -0.117. The van der Waals surface area contributed by atoms with Gasteiger partial charge in [0.1, 0.15) is 0 Å². The third-order valence-corrected chi connectivity index (χ3v) is 1.63. The topological polar surface area (TPSA) is 55.6 Å². The lowest BCUT2D eigenvalue weighted by molar-refractivity contribution is -0.200. The molecule has 2 N–H and O–H groups in total. The number of hydrogen-bond donors (Lipinski definition) is 1. The molecule has 11 heavy (non-hydrogen) atoms. The Hall–Kier alpha value is -0.610. The highest BCUT2D eigenvalue weighted by atomic mass is 16.7. The Morgan fingerprint density at radius 2 is 2.45 bits per heavy atom. The fourth-order valence-corrected chi connectivity index (χ4v) is 1.06. The molecule has 1 saturated heterocycles. The van der Waals surface area contributed by atoms with Crippen molar-refractivity contribution in [3.8, 4) is 0 Å². The molecule has 1 rings (SSSR count). The van der Waals surface area contributed by atoms with Crippen LogP contribution in [0.15, 0.2) is 0 Å². The molecular weight excluding hydrogens is 144 g/mol. The van der Waals surface area contributed by atoms with Gasteiger partial charge >= 0.3 is 5.97 Å². The predicted octanol–water partition coefficient (Wildman–Crippen LogP) is -0.111. The zero-order valence-electron chi connectivity index (χ0n) is 6.58. The van der Waals surface area contributed by atoms with Crippen molar-refractivity contribution in [2.45, 2.75) is 19.3 Å². The number of carbonyl (C=O) groups is 1. The first kappa shape index (κ1) is 8.49. The number of carbonyl (C=O) groups excluding carboxylic acids is 1. The van der Waals surface area contributed by atoms with Crippen molar-refractivity contribution in [2.75, 3.05) is 19.6 Å². The van der Waals surface area contributed by atoms with Crippen LogP contribution in [0.1, 0.15) is 19.3 Å². The Labute approximate surface area is 66.3 Å². The minimum atomic E-state index is -0.117. The number of nitrogens with two attached hydrogens (primary N) is 1. The molecule has 0 amide bonds. The third kappa shape index (κ3) is 2.86. The SMILES string of the molecule is NCCCN1CCCC(=O)O1. The molecule has 0 saturated carbocycles. The van der Waals surface area contributed by atoms with Crippen LogP contribution in [-0.2, 0) is 9.63 Å². The molecule has 1 fully saturated rings. The minimum Gasteiger partial charge on any atom is -0.368 e. The predicted molar refractivity (Wildman–Crippen MR) is 40.6 cm³/mol. The van der Waals surface area contributed by atoms with Gasteiger partial charge in [-0.25, -0.2) is 0 Å². The van der Waals surface area contributed by atoms with Gasteiger partial charge in [-0.05, 0) is 19.4 Å². The number of hydroxylamine groups is 2. The van der Waals surface area contributed by atoms with Crippen molar-refractivity contribution >= 4 is 5.97 Å². The highest BCUT2D eigenvalue weighted by Gasteiger charge is 2.16. The smallest absolute Gasteiger partial charge is 0.325 e. The summed E-state index contributed by atoms with van der Waals surface area (Å²) in [6, 6.07) is 0. The Morgan fingerprint density at radius 3 is 3.09 bits per heavy atom. The summed E-state index contributed by atoms with van der Waals surface area (Å²) in [6.07, 6.45) is 2.34. The normalized spacial score (nSPS) is 19.9. The maximum absolute atomic E-state index is 10.7. The number of rotatable bonds is 3. The monoisotopic (exact) mass is 158 g/mol. The summed E-state index contributed by atoms with van der Waals surface area (Å²) < 4.78 is 0. The number of hydrogen-bond acceptors (Lipinski definition) is 4. The fraction of sp³-hybridized carbons (Fsp3) is 0.857. The quantitative estimate of drug-likeness (QED) is 0.622. The zero-order valence-corrected chi connectivity index (χ0v) is 6.58. The number of nitrogens with zero attached hydrogens (tertiary/aromatic N) is 1. The maximum atomic E-state index is 10.7. The standard InChI is InChI=1S/C7H14N2O2/c8-4-2-6-9-5-1-3-7(10)11-9/h1-6,8H2. The maximum Gasteiger partial charge on any atom is 0.325 e. The molecule has 0 spiro atoms. The Kier molecular flexibility index (Phi) is 3.32. The van der Waals surface area contributed by atoms with E-state index in [0.29, 0.717) is 13.0 Å². The molecule has 0 atom stereocenters. The molecule has 0 bridgehead atoms. The summed E-state index contributed by atoms with van der Waals surface area (Å²) in [7, 11) is 0. The molecule has 0 aliphatic carbocycles. The van der Waals surface area contributed by atoms with Crippen molar-refractivity contribution < 1.29 is 9.63 Å². The van der Waals surface area contributed by atoms with E-state index in [2.05, 4.69) is 0 Å². The van der Waals surface area contributed by atoms with Gasteiger partial charge in [-0.2, -0.15) is 0 Å². The van der Waals surface area contributed by atoms with Gasteiger partial charge in [-0.3, -0.25) is 4.79 Å². The van der Waals surface area contributed by atoms with E-state index in [-0.39, 0.29) is 5.97 Å². The molecule has 1 aliphatic rings. The largest absolute Gasteiger partial charge is 0.368 e. The lowest BCUT2D eigenvalue weighted by atomic mass is 10.3. The summed E-state index contributed by atoms with van der Waals surface area (Å²) in [5, 5.41) is 1.69. The van der Waals surface area contributed by atoms with Crippen LogP contribution in [0.5, 0.6) is 0 Å². The van der Waals surface area contributed by atoms with Crippen LogP contribution in [0.2, 0.25) is 0 Å². The van der Waals surface area contributed by atoms with E-state index in [9.17, 15) is 4.79 Å². The van der Waals surface area contributed by atoms with Gasteiger partial charge in [0.05, 0.1) is 0 Å². The van der Waals surface area contributed by atoms with E-state index in [1.54, 1.807) is 5.06 Å². The molecule has 64 valence electrons. The average molecular weight is 158 g/mol. The molecule has 1 heterocycles. The molecular formula is C7H14N2O2. The van der Waals surface area contributed by atoms with Crippen LogP contribution in [0.25, 0.3) is 0 Å². The van der Waals surface area contributed by atoms with Crippen LogP contribution < -0.4 is 5.73 Å². The van der Waals surface area contributed by atoms with E-state index < -0.39 is 0 Å². The minimum absolute atomic E-state index is 0.117. The lowest BCUT2D eigenvalue weighted by Gasteiger charge is -2.24. The molecule has 4 nitrogen and oxygen atoms in total. The van der Waals surface area contributed by atoms with Gasteiger partial charge in [0.2, 0.25) is 0 Å². The van der Waals surface area contributed by atoms with E-state index >= 15 is 0 Å². The highest BCUT2D eigenvalue weighted by Crippen LogP contribution is 2.06. The first-order valence-electron chi connectivity index (χ1n) is 3.99. The van der Waals surface area contributed by atoms with Crippen molar-refractivity contribution in [2.24, 2.45) is 5.73 Å². The molecule has 0 aromatic rings. The van der Waals surface area contributed by atoms with Crippen molar-refractivity contribution in [3.63, 3.8) is 0 Å². The van der Waals surface area contributed by atoms with Gasteiger partial charge < -0.3 is 10.6 Å². The molecule has 0 aromatic carbocycles. The van der Waals surface area contributed by atoms with Crippen LogP contribution >= 0.6 is 0 Å². The second kappa shape index (κ2) is 4.31. The van der Waals surface area contributed by atoms with Gasteiger partial charge in [-0.1, -0.05) is 0 Å². The second-order valence-corrected chi connectivity index (χ2v) is 2.64. The van der Waals surface area contributed by atoms with Crippen molar-refractivity contribution in [1.29, 1.82) is 0 Å². The summed E-state index contributed by atoms with van der Waals surface area (Å²) in [6.45, 7) is 2.27. The van der Waals surface area contributed by atoms with Crippen molar-refractivity contribution in [1.82, 2.24) is 5.06 Å². The highest BCUT2D eigenvalue weighted by molar-refractivity contribution is 5.69. The van der Waals surface area contributed by atoms with E-state index in [1.807, 2.05) is 0 Å². The van der Waals surface area contributed by atoms with Gasteiger partial charge in [0, 0.05) is 19.5 Å². The zero-order chi connectivity index (χ0) is 8.10. The van der Waals surface area contributed by atoms with Gasteiger partial charge in [0.15, 0.2) is 0 Å². The van der Waals surface area contributed by atoms with Gasteiger partial charge in [-0.15, -0.1) is 5.06 Å². The first-order chi connectivity index (χ1) is 5.33.